The minimum absolute atomic E-state index is 0.145. The van der Waals surface area contributed by atoms with E-state index in [0.29, 0.717) is 6.42 Å². The van der Waals surface area contributed by atoms with Crippen LogP contribution in [0.4, 0.5) is 13.2 Å². The number of halogens is 3. The summed E-state index contributed by atoms with van der Waals surface area (Å²) in [5, 5.41) is 9.99. The molecule has 4 nitrogen and oxygen atoms in total. The molecule has 7 heteroatoms. The van der Waals surface area contributed by atoms with E-state index in [1.165, 1.54) is 20.8 Å². The molecule has 0 fully saturated rings. The van der Waals surface area contributed by atoms with Crippen LogP contribution in [0, 0.1) is 0 Å². The summed E-state index contributed by atoms with van der Waals surface area (Å²) >= 11 is 0. The molecule has 0 rings (SSSR count). The molecule has 0 heterocycles. The average Bonchev–Trinajstić information content (AvgIpc) is 2.33. The van der Waals surface area contributed by atoms with Crippen molar-refractivity contribution in [2.45, 2.75) is 89.6 Å². The molecule has 0 aliphatic heterocycles. The lowest BCUT2D eigenvalue weighted by atomic mass is 9.87. The predicted molar refractivity (Wildman–Crippen MR) is 78.2 cm³/mol. The fourth-order valence-electron chi connectivity index (χ4n) is 2.03. The Morgan fingerprint density at radius 2 is 1.64 bits per heavy atom. The first-order valence-electron chi connectivity index (χ1n) is 7.62. The minimum atomic E-state index is -4.99. The van der Waals surface area contributed by atoms with Gasteiger partial charge in [-0.1, -0.05) is 39.0 Å². The first-order valence-corrected chi connectivity index (χ1v) is 7.62. The number of aliphatic hydroxyl groups is 1. The first kappa shape index (κ1) is 21.2. The van der Waals surface area contributed by atoms with Gasteiger partial charge in [0.2, 0.25) is 0 Å². The zero-order chi connectivity index (χ0) is 17.6. The molecular weight excluding hydrogens is 299 g/mol. The van der Waals surface area contributed by atoms with Crippen molar-refractivity contribution < 1.29 is 27.8 Å². The monoisotopic (exact) mass is 327 g/mol. The van der Waals surface area contributed by atoms with Crippen LogP contribution in [0.15, 0.2) is 0 Å². The van der Waals surface area contributed by atoms with Crippen LogP contribution in [-0.2, 0) is 9.53 Å². The van der Waals surface area contributed by atoms with Gasteiger partial charge < -0.3 is 15.6 Å². The number of rotatable bonds is 8. The summed E-state index contributed by atoms with van der Waals surface area (Å²) in [5.74, 6) is -1.25. The number of unbranched alkanes of at least 4 members (excludes halogenated alkanes) is 4. The minimum Gasteiger partial charge on any atom is -0.459 e. The number of hydrogen-bond acceptors (Lipinski definition) is 4. The van der Waals surface area contributed by atoms with Crippen molar-refractivity contribution in [2.75, 3.05) is 0 Å². The molecule has 22 heavy (non-hydrogen) atoms. The van der Waals surface area contributed by atoms with Gasteiger partial charge >= 0.3 is 12.1 Å². The molecule has 0 spiro atoms. The molecular formula is C15H28F3NO3. The van der Waals surface area contributed by atoms with Crippen LogP contribution in [-0.4, -0.2) is 34.5 Å². The molecule has 0 saturated heterocycles. The molecule has 0 aromatic rings. The zero-order valence-electron chi connectivity index (χ0n) is 13.8. The first-order chi connectivity index (χ1) is 9.85. The van der Waals surface area contributed by atoms with Gasteiger partial charge in [0.1, 0.15) is 11.6 Å². The quantitative estimate of drug-likeness (QED) is 0.530. The van der Waals surface area contributed by atoms with Crippen LogP contribution in [0.3, 0.4) is 0 Å². The van der Waals surface area contributed by atoms with Gasteiger partial charge in [0, 0.05) is 0 Å². The van der Waals surface area contributed by atoms with Gasteiger partial charge in [0.25, 0.3) is 0 Å². The van der Waals surface area contributed by atoms with Crippen LogP contribution in [0.1, 0.15) is 66.2 Å². The maximum Gasteiger partial charge on any atom is 0.419 e. The lowest BCUT2D eigenvalue weighted by molar-refractivity contribution is -0.271. The number of carbonyl (C=O) groups excluding carboxylic acids is 1. The summed E-state index contributed by atoms with van der Waals surface area (Å²) in [7, 11) is 0. The Morgan fingerprint density at radius 3 is 2.05 bits per heavy atom. The SMILES string of the molecule is CCCCCCC[C@@](O)([C@H](N)C(=O)OC(C)(C)C)C(F)(F)F. The zero-order valence-corrected chi connectivity index (χ0v) is 13.8. The summed E-state index contributed by atoms with van der Waals surface area (Å²) in [6.45, 7) is 6.56. The standard InChI is InChI=1S/C15H28F3NO3/c1-5-6-7-8-9-10-14(21,15(16,17)18)11(19)12(20)22-13(2,3)4/h11,21H,5-10,19H2,1-4H3/t11-,14-/m1/s1. The third-order valence-electron chi connectivity index (χ3n) is 3.33. The smallest absolute Gasteiger partial charge is 0.419 e. The van der Waals surface area contributed by atoms with E-state index in [2.05, 4.69) is 0 Å². The van der Waals surface area contributed by atoms with E-state index >= 15 is 0 Å². The fraction of sp³-hybridized carbons (Fsp3) is 0.933. The summed E-state index contributed by atoms with van der Waals surface area (Å²) in [6.07, 6.45) is -2.25. The van der Waals surface area contributed by atoms with Crippen LogP contribution < -0.4 is 5.73 Å². The Kier molecular flexibility index (Phi) is 7.85. The number of nitrogens with two attached hydrogens (primary N) is 1. The predicted octanol–water partition coefficient (Wildman–Crippen LogP) is 3.31. The molecule has 132 valence electrons. The van der Waals surface area contributed by atoms with Crippen molar-refractivity contribution in [1.29, 1.82) is 0 Å². The van der Waals surface area contributed by atoms with Crippen LogP contribution >= 0.6 is 0 Å². The van der Waals surface area contributed by atoms with Gasteiger partial charge in [-0.05, 0) is 27.2 Å². The van der Waals surface area contributed by atoms with Crippen LogP contribution in [0.5, 0.6) is 0 Å². The Hall–Kier alpha value is -0.820. The molecule has 0 aliphatic carbocycles. The van der Waals surface area contributed by atoms with Gasteiger partial charge in [0.05, 0.1) is 0 Å². The molecule has 0 bridgehead atoms. The second-order valence-corrected chi connectivity index (χ2v) is 6.60. The molecule has 0 saturated carbocycles. The van der Waals surface area contributed by atoms with E-state index < -0.39 is 35.8 Å². The number of alkyl halides is 3. The second-order valence-electron chi connectivity index (χ2n) is 6.60. The van der Waals surface area contributed by atoms with Crippen molar-refractivity contribution in [3.63, 3.8) is 0 Å². The van der Waals surface area contributed by atoms with Gasteiger partial charge in [-0.2, -0.15) is 13.2 Å². The van der Waals surface area contributed by atoms with Crippen molar-refractivity contribution in [1.82, 2.24) is 0 Å². The highest BCUT2D eigenvalue weighted by Crippen LogP contribution is 2.37. The second kappa shape index (κ2) is 8.15. The van der Waals surface area contributed by atoms with Crippen molar-refractivity contribution in [2.24, 2.45) is 5.73 Å². The topological polar surface area (TPSA) is 72.5 Å². The largest absolute Gasteiger partial charge is 0.459 e. The Morgan fingerprint density at radius 1 is 1.14 bits per heavy atom. The van der Waals surface area contributed by atoms with Crippen molar-refractivity contribution in [3.8, 4) is 0 Å². The fourth-order valence-corrected chi connectivity index (χ4v) is 2.03. The molecule has 0 radical (unpaired) electrons. The maximum absolute atomic E-state index is 13.2. The van der Waals surface area contributed by atoms with Crippen LogP contribution in [0.25, 0.3) is 0 Å². The number of ether oxygens (including phenoxy) is 1. The molecule has 3 N–H and O–H groups in total. The third-order valence-corrected chi connectivity index (χ3v) is 3.33. The molecule has 0 aliphatic rings. The lowest BCUT2D eigenvalue weighted by Crippen LogP contribution is -2.62. The summed E-state index contributed by atoms with van der Waals surface area (Å²) < 4.78 is 44.4. The van der Waals surface area contributed by atoms with Gasteiger partial charge in [-0.15, -0.1) is 0 Å². The Labute approximate surface area is 130 Å². The number of carbonyl (C=O) groups is 1. The van der Waals surface area contributed by atoms with Gasteiger partial charge in [0.15, 0.2) is 5.60 Å². The van der Waals surface area contributed by atoms with E-state index in [1.807, 2.05) is 6.92 Å². The molecule has 2 atom stereocenters. The summed E-state index contributed by atoms with van der Waals surface area (Å²) in [4.78, 5) is 11.8. The molecule has 0 unspecified atom stereocenters. The van der Waals surface area contributed by atoms with Gasteiger partial charge in [-0.3, -0.25) is 4.79 Å². The number of hydrogen-bond donors (Lipinski definition) is 2. The maximum atomic E-state index is 13.2. The van der Waals surface area contributed by atoms with E-state index in [-0.39, 0.29) is 6.42 Å². The van der Waals surface area contributed by atoms with E-state index in [9.17, 15) is 23.1 Å². The Balaban J connectivity index is 4.91. The van der Waals surface area contributed by atoms with E-state index in [4.69, 9.17) is 10.5 Å². The van der Waals surface area contributed by atoms with Crippen LogP contribution in [0.2, 0.25) is 0 Å². The van der Waals surface area contributed by atoms with Gasteiger partial charge in [-0.25, -0.2) is 0 Å². The lowest BCUT2D eigenvalue weighted by Gasteiger charge is -2.35. The summed E-state index contributed by atoms with van der Waals surface area (Å²) in [6, 6.07) is -2.15. The highest BCUT2D eigenvalue weighted by atomic mass is 19.4. The molecule has 0 amide bonds. The average molecular weight is 327 g/mol. The highest BCUT2D eigenvalue weighted by molar-refractivity contribution is 5.77. The number of esters is 1. The third kappa shape index (κ3) is 6.52. The normalized spacial score (nSPS) is 17.0. The van der Waals surface area contributed by atoms with E-state index in [1.54, 1.807) is 0 Å². The van der Waals surface area contributed by atoms with Crippen molar-refractivity contribution in [3.05, 3.63) is 0 Å². The van der Waals surface area contributed by atoms with E-state index in [0.717, 1.165) is 19.3 Å². The summed E-state index contributed by atoms with van der Waals surface area (Å²) in [5.41, 5.74) is 1.15. The Bertz CT molecular complexity index is 353. The van der Waals surface area contributed by atoms with Crippen molar-refractivity contribution >= 4 is 5.97 Å². The highest BCUT2D eigenvalue weighted by Gasteiger charge is 2.59. The molecule has 0 aromatic carbocycles. The molecule has 0 aromatic heterocycles.